The predicted molar refractivity (Wildman–Crippen MR) is 58.6 cm³/mol. The molecule has 0 rings (SSSR count). The Hall–Kier alpha value is 1.51. The molecule has 0 heterocycles. The van der Waals surface area contributed by atoms with Crippen LogP contribution in [0.25, 0.3) is 0 Å². The largest absolute Gasteiger partial charge is 1.00 e. The standard InChI is InChI=1S/C10H22O4S.K/c1-2-10(15(12,13)14)8-6-4-3-5-7-9-11;/h10-11H,2-9H2,1H3,(H,12,13,14);/q;+1/p-1. The predicted octanol–water partition coefficient (Wildman–Crippen LogP) is -1.35. The Morgan fingerprint density at radius 1 is 1.12 bits per heavy atom. The fourth-order valence-corrected chi connectivity index (χ4v) is 2.43. The molecule has 4 nitrogen and oxygen atoms in total. The minimum atomic E-state index is -4.10. The van der Waals surface area contributed by atoms with E-state index in [1.807, 2.05) is 0 Å². The number of hydrogen-bond donors (Lipinski definition) is 1. The van der Waals surface area contributed by atoms with E-state index < -0.39 is 15.4 Å². The quantitative estimate of drug-likeness (QED) is 0.321. The van der Waals surface area contributed by atoms with Crippen LogP contribution in [-0.2, 0) is 10.1 Å². The van der Waals surface area contributed by atoms with E-state index in [0.29, 0.717) is 12.8 Å². The van der Waals surface area contributed by atoms with Crippen molar-refractivity contribution >= 4 is 10.1 Å². The van der Waals surface area contributed by atoms with Crippen molar-refractivity contribution in [3.8, 4) is 0 Å². The van der Waals surface area contributed by atoms with Crippen molar-refractivity contribution in [3.05, 3.63) is 0 Å². The fraction of sp³-hybridized carbons (Fsp3) is 1.00. The summed E-state index contributed by atoms with van der Waals surface area (Å²) in [4.78, 5) is 0. The molecule has 0 aromatic rings. The average Bonchev–Trinajstić information content (AvgIpc) is 2.15. The van der Waals surface area contributed by atoms with Gasteiger partial charge in [-0.3, -0.25) is 0 Å². The third-order valence-electron chi connectivity index (χ3n) is 2.55. The van der Waals surface area contributed by atoms with Gasteiger partial charge in [-0.1, -0.05) is 32.6 Å². The van der Waals surface area contributed by atoms with Crippen molar-refractivity contribution in [2.45, 2.75) is 57.1 Å². The number of aliphatic hydroxyl groups is 1. The van der Waals surface area contributed by atoms with Crippen LogP contribution in [0.4, 0.5) is 0 Å². The summed E-state index contributed by atoms with van der Waals surface area (Å²) in [6, 6.07) is 0. The van der Waals surface area contributed by atoms with Crippen LogP contribution in [0.5, 0.6) is 0 Å². The Morgan fingerprint density at radius 2 is 1.62 bits per heavy atom. The number of aliphatic hydroxyl groups excluding tert-OH is 1. The van der Waals surface area contributed by atoms with Gasteiger partial charge in [-0.05, 0) is 19.3 Å². The van der Waals surface area contributed by atoms with Crippen LogP contribution < -0.4 is 51.4 Å². The Balaban J connectivity index is 0. The van der Waals surface area contributed by atoms with Gasteiger partial charge in [0, 0.05) is 11.9 Å². The summed E-state index contributed by atoms with van der Waals surface area (Å²) in [5, 5.41) is 7.82. The molecule has 0 fully saturated rings. The summed E-state index contributed by atoms with van der Waals surface area (Å²) in [5.74, 6) is 0. The Bertz CT molecular complexity index is 241. The van der Waals surface area contributed by atoms with Gasteiger partial charge in [-0.25, -0.2) is 8.42 Å². The molecule has 0 aliphatic carbocycles. The first kappa shape index (κ1) is 19.8. The van der Waals surface area contributed by atoms with E-state index in [4.69, 9.17) is 5.11 Å². The molecular formula is C10H21KO4S. The molecule has 0 saturated heterocycles. The molecule has 0 aromatic carbocycles. The van der Waals surface area contributed by atoms with Crippen molar-refractivity contribution in [3.63, 3.8) is 0 Å². The van der Waals surface area contributed by atoms with Crippen LogP contribution >= 0.6 is 0 Å². The van der Waals surface area contributed by atoms with E-state index in [2.05, 4.69) is 0 Å². The van der Waals surface area contributed by atoms with E-state index >= 15 is 0 Å². The zero-order valence-electron chi connectivity index (χ0n) is 10.3. The van der Waals surface area contributed by atoms with Crippen LogP contribution in [0.2, 0.25) is 0 Å². The second kappa shape index (κ2) is 11.6. The van der Waals surface area contributed by atoms with Gasteiger partial charge >= 0.3 is 51.4 Å². The fourth-order valence-electron chi connectivity index (χ4n) is 1.57. The number of hydrogen-bond acceptors (Lipinski definition) is 4. The van der Waals surface area contributed by atoms with Gasteiger partial charge in [0.15, 0.2) is 0 Å². The molecule has 0 aliphatic rings. The van der Waals surface area contributed by atoms with Gasteiger partial charge < -0.3 is 9.66 Å². The molecule has 1 N–H and O–H groups in total. The van der Waals surface area contributed by atoms with E-state index in [9.17, 15) is 13.0 Å². The van der Waals surface area contributed by atoms with Crippen LogP contribution in [0.1, 0.15) is 51.9 Å². The molecule has 0 spiro atoms. The molecule has 0 radical (unpaired) electrons. The minimum absolute atomic E-state index is 0. The van der Waals surface area contributed by atoms with Crippen LogP contribution in [0.15, 0.2) is 0 Å². The van der Waals surface area contributed by atoms with Gasteiger partial charge in [-0.15, -0.1) is 0 Å². The van der Waals surface area contributed by atoms with E-state index in [0.717, 1.165) is 32.1 Å². The molecule has 6 heteroatoms. The number of unbranched alkanes of at least 4 members (excludes halogenated alkanes) is 4. The maximum absolute atomic E-state index is 10.7. The van der Waals surface area contributed by atoms with Crippen molar-refractivity contribution < 1.29 is 69.5 Å². The molecule has 0 amide bonds. The summed E-state index contributed by atoms with van der Waals surface area (Å²) in [7, 11) is -4.10. The second-order valence-electron chi connectivity index (χ2n) is 3.80. The molecule has 92 valence electrons. The summed E-state index contributed by atoms with van der Waals surface area (Å²) < 4.78 is 32.2. The third kappa shape index (κ3) is 10.6. The molecule has 0 bridgehead atoms. The van der Waals surface area contributed by atoms with Crippen LogP contribution in [0.3, 0.4) is 0 Å². The zero-order valence-corrected chi connectivity index (χ0v) is 14.3. The molecule has 1 unspecified atom stereocenters. The number of rotatable bonds is 9. The Morgan fingerprint density at radius 3 is 2.06 bits per heavy atom. The third-order valence-corrected chi connectivity index (χ3v) is 3.93. The normalized spacial score (nSPS) is 13.2. The molecular weight excluding hydrogens is 255 g/mol. The topological polar surface area (TPSA) is 77.4 Å². The molecule has 1 atom stereocenters. The van der Waals surface area contributed by atoms with Crippen LogP contribution in [-0.4, -0.2) is 29.9 Å². The van der Waals surface area contributed by atoms with Crippen molar-refractivity contribution in [2.75, 3.05) is 6.61 Å². The molecule has 0 aliphatic heterocycles. The van der Waals surface area contributed by atoms with Crippen molar-refractivity contribution in [1.82, 2.24) is 0 Å². The monoisotopic (exact) mass is 276 g/mol. The van der Waals surface area contributed by atoms with Crippen molar-refractivity contribution in [2.24, 2.45) is 0 Å². The van der Waals surface area contributed by atoms with E-state index in [1.165, 1.54) is 0 Å². The molecule has 0 aromatic heterocycles. The summed E-state index contributed by atoms with van der Waals surface area (Å²) >= 11 is 0. The Labute approximate surface area is 141 Å². The smallest absolute Gasteiger partial charge is 0.748 e. The van der Waals surface area contributed by atoms with Gasteiger partial charge in [0.05, 0.1) is 10.1 Å². The SMILES string of the molecule is CCC(CCCCCCCO)S(=O)(=O)[O-].[K+]. The Kier molecular flexibility index (Phi) is 14.4. The van der Waals surface area contributed by atoms with E-state index in [-0.39, 0.29) is 58.0 Å². The summed E-state index contributed by atoms with van der Waals surface area (Å²) in [5.41, 5.74) is 0. The van der Waals surface area contributed by atoms with Crippen molar-refractivity contribution in [1.29, 1.82) is 0 Å². The maximum atomic E-state index is 10.7. The summed E-state index contributed by atoms with van der Waals surface area (Å²) in [6.45, 7) is 1.94. The van der Waals surface area contributed by atoms with Gasteiger partial charge in [-0.2, -0.15) is 0 Å². The zero-order chi connectivity index (χ0) is 11.7. The molecule has 16 heavy (non-hydrogen) atoms. The second-order valence-corrected chi connectivity index (χ2v) is 5.46. The maximum Gasteiger partial charge on any atom is 1.00 e. The first-order chi connectivity index (χ1) is 7.02. The summed E-state index contributed by atoms with van der Waals surface area (Å²) in [6.07, 6.45) is 5.37. The average molecular weight is 276 g/mol. The van der Waals surface area contributed by atoms with Crippen LogP contribution in [0, 0.1) is 0 Å². The first-order valence-corrected chi connectivity index (χ1v) is 7.05. The van der Waals surface area contributed by atoms with Gasteiger partial charge in [0.2, 0.25) is 0 Å². The van der Waals surface area contributed by atoms with Gasteiger partial charge in [0.1, 0.15) is 0 Å². The first-order valence-electron chi connectivity index (χ1n) is 5.58. The molecule has 0 saturated carbocycles. The van der Waals surface area contributed by atoms with Gasteiger partial charge in [0.25, 0.3) is 0 Å². The minimum Gasteiger partial charge on any atom is -0.748 e. The van der Waals surface area contributed by atoms with E-state index in [1.54, 1.807) is 6.92 Å².